The summed E-state index contributed by atoms with van der Waals surface area (Å²) in [4.78, 5) is 17.1. The van der Waals surface area contributed by atoms with Crippen LogP contribution in [0.3, 0.4) is 0 Å². The van der Waals surface area contributed by atoms with E-state index in [1.807, 2.05) is 50.2 Å². The fourth-order valence-electron chi connectivity index (χ4n) is 3.71. The lowest BCUT2D eigenvalue weighted by Gasteiger charge is -2.38. The molecule has 3 rings (SSSR count). The fourth-order valence-corrected chi connectivity index (χ4v) is 4.01. The van der Waals surface area contributed by atoms with Gasteiger partial charge < -0.3 is 5.32 Å². The van der Waals surface area contributed by atoms with Crippen LogP contribution < -0.4 is 5.32 Å². The second kappa shape index (κ2) is 8.87. The molecule has 1 aliphatic heterocycles. The average molecular weight is 386 g/mol. The highest BCUT2D eigenvalue weighted by Gasteiger charge is 2.24. The van der Waals surface area contributed by atoms with E-state index in [-0.39, 0.29) is 11.9 Å². The summed E-state index contributed by atoms with van der Waals surface area (Å²) in [6.45, 7) is 10.3. The molecule has 1 atom stereocenters. The quantitative estimate of drug-likeness (QED) is 0.834. The molecular formula is C22H28ClN3O. The van der Waals surface area contributed by atoms with E-state index in [0.29, 0.717) is 6.54 Å². The van der Waals surface area contributed by atoms with Crippen LogP contribution in [0.4, 0.5) is 5.69 Å². The molecule has 0 spiro atoms. The smallest absolute Gasteiger partial charge is 0.238 e. The number of rotatable bonds is 5. The maximum atomic E-state index is 12.5. The molecule has 2 aromatic carbocycles. The minimum Gasteiger partial charge on any atom is -0.324 e. The molecule has 0 bridgehead atoms. The third kappa shape index (κ3) is 4.89. The molecular weight excluding hydrogens is 358 g/mol. The number of benzene rings is 2. The summed E-state index contributed by atoms with van der Waals surface area (Å²) in [5.41, 5.74) is 4.30. The molecule has 0 aliphatic carbocycles. The predicted octanol–water partition coefficient (Wildman–Crippen LogP) is 4.27. The fraction of sp³-hybridized carbons (Fsp3) is 0.409. The molecule has 1 saturated heterocycles. The van der Waals surface area contributed by atoms with Crippen molar-refractivity contribution in [2.75, 3.05) is 38.0 Å². The maximum Gasteiger partial charge on any atom is 0.238 e. The number of carbonyl (C=O) groups is 1. The number of anilines is 1. The van der Waals surface area contributed by atoms with Crippen LogP contribution >= 0.6 is 11.6 Å². The first-order valence-electron chi connectivity index (χ1n) is 9.52. The van der Waals surface area contributed by atoms with Crippen LogP contribution in [0.1, 0.15) is 29.7 Å². The zero-order valence-corrected chi connectivity index (χ0v) is 17.1. The lowest BCUT2D eigenvalue weighted by atomic mass is 10.1. The summed E-state index contributed by atoms with van der Waals surface area (Å²) in [5.74, 6) is 0.0556. The van der Waals surface area contributed by atoms with Gasteiger partial charge in [-0.15, -0.1) is 0 Å². The summed E-state index contributed by atoms with van der Waals surface area (Å²) in [6.07, 6.45) is 0. The highest BCUT2D eigenvalue weighted by atomic mass is 35.5. The van der Waals surface area contributed by atoms with Crippen molar-refractivity contribution in [2.45, 2.75) is 26.8 Å². The highest BCUT2D eigenvalue weighted by Crippen LogP contribution is 2.27. The Labute approximate surface area is 167 Å². The Balaban J connectivity index is 1.52. The third-order valence-electron chi connectivity index (χ3n) is 5.42. The Kier molecular flexibility index (Phi) is 6.53. The van der Waals surface area contributed by atoms with E-state index in [0.717, 1.165) is 48.0 Å². The molecule has 27 heavy (non-hydrogen) atoms. The van der Waals surface area contributed by atoms with Crippen molar-refractivity contribution < 1.29 is 4.79 Å². The highest BCUT2D eigenvalue weighted by molar-refractivity contribution is 6.31. The van der Waals surface area contributed by atoms with E-state index in [4.69, 9.17) is 11.6 Å². The van der Waals surface area contributed by atoms with Gasteiger partial charge in [-0.05, 0) is 43.5 Å². The second-order valence-electron chi connectivity index (χ2n) is 7.32. The van der Waals surface area contributed by atoms with E-state index >= 15 is 0 Å². The Morgan fingerprint density at radius 1 is 1.04 bits per heavy atom. The number of para-hydroxylation sites is 1. The van der Waals surface area contributed by atoms with Crippen LogP contribution in [0.25, 0.3) is 0 Å². The van der Waals surface area contributed by atoms with Crippen molar-refractivity contribution in [1.29, 1.82) is 0 Å². The number of hydrogen-bond donors (Lipinski definition) is 1. The van der Waals surface area contributed by atoms with Gasteiger partial charge in [-0.1, -0.05) is 48.0 Å². The van der Waals surface area contributed by atoms with Crippen LogP contribution in [0.2, 0.25) is 5.02 Å². The molecule has 1 fully saturated rings. The first kappa shape index (κ1) is 19.9. The minimum atomic E-state index is 0.0556. The molecule has 4 nitrogen and oxygen atoms in total. The Hall–Kier alpha value is -1.88. The summed E-state index contributed by atoms with van der Waals surface area (Å²) in [7, 11) is 0. The van der Waals surface area contributed by atoms with Gasteiger partial charge in [0.25, 0.3) is 0 Å². The van der Waals surface area contributed by atoms with E-state index in [1.165, 1.54) is 5.56 Å². The van der Waals surface area contributed by atoms with Crippen molar-refractivity contribution >= 4 is 23.2 Å². The van der Waals surface area contributed by atoms with E-state index < -0.39 is 0 Å². The molecule has 1 heterocycles. The van der Waals surface area contributed by atoms with Gasteiger partial charge in [0.05, 0.1) is 6.54 Å². The van der Waals surface area contributed by atoms with E-state index in [9.17, 15) is 4.79 Å². The van der Waals surface area contributed by atoms with Crippen LogP contribution in [-0.2, 0) is 4.79 Å². The number of halogens is 1. The normalized spacial score (nSPS) is 16.9. The molecule has 5 heteroatoms. The van der Waals surface area contributed by atoms with E-state index in [1.54, 1.807) is 0 Å². The van der Waals surface area contributed by atoms with Gasteiger partial charge in [-0.2, -0.15) is 0 Å². The molecule has 1 amide bonds. The third-order valence-corrected chi connectivity index (χ3v) is 5.77. The molecule has 1 N–H and O–H groups in total. The van der Waals surface area contributed by atoms with Gasteiger partial charge in [0, 0.05) is 42.9 Å². The van der Waals surface area contributed by atoms with Gasteiger partial charge in [-0.3, -0.25) is 14.6 Å². The number of piperazine rings is 1. The number of nitrogens with one attached hydrogen (secondary N) is 1. The molecule has 2 aromatic rings. The lowest BCUT2D eigenvalue weighted by Crippen LogP contribution is -2.49. The molecule has 144 valence electrons. The molecule has 0 aromatic heterocycles. The van der Waals surface area contributed by atoms with Crippen molar-refractivity contribution in [3.05, 3.63) is 64.2 Å². The molecule has 1 aliphatic rings. The standard InChI is InChI=1S/C22H28ClN3O/c1-16-7-6-8-17(2)22(16)24-21(27)15-25-11-13-26(14-12-25)18(3)19-9-4-5-10-20(19)23/h4-10,18H,11-15H2,1-3H3,(H,24,27)/t18-/m0/s1. The topological polar surface area (TPSA) is 35.6 Å². The number of hydrogen-bond acceptors (Lipinski definition) is 3. The van der Waals surface area contributed by atoms with Crippen LogP contribution in [0, 0.1) is 13.8 Å². The van der Waals surface area contributed by atoms with Gasteiger partial charge in [0.2, 0.25) is 5.91 Å². The lowest BCUT2D eigenvalue weighted by molar-refractivity contribution is -0.117. The largest absolute Gasteiger partial charge is 0.324 e. The van der Waals surface area contributed by atoms with Crippen molar-refractivity contribution in [3.8, 4) is 0 Å². The van der Waals surface area contributed by atoms with Crippen LogP contribution in [0.15, 0.2) is 42.5 Å². The van der Waals surface area contributed by atoms with Crippen molar-refractivity contribution in [3.63, 3.8) is 0 Å². The summed E-state index contributed by atoms with van der Waals surface area (Å²) < 4.78 is 0. The molecule has 0 unspecified atom stereocenters. The van der Waals surface area contributed by atoms with Gasteiger partial charge in [-0.25, -0.2) is 0 Å². The van der Waals surface area contributed by atoms with Gasteiger partial charge in [0.1, 0.15) is 0 Å². The second-order valence-corrected chi connectivity index (χ2v) is 7.73. The van der Waals surface area contributed by atoms with Crippen molar-refractivity contribution in [2.24, 2.45) is 0 Å². The number of nitrogens with zero attached hydrogens (tertiary/aromatic N) is 2. The van der Waals surface area contributed by atoms with Crippen LogP contribution in [0.5, 0.6) is 0 Å². The molecule has 0 saturated carbocycles. The van der Waals surface area contributed by atoms with Gasteiger partial charge in [0.15, 0.2) is 0 Å². The first-order valence-corrected chi connectivity index (χ1v) is 9.90. The van der Waals surface area contributed by atoms with Crippen LogP contribution in [-0.4, -0.2) is 48.4 Å². The predicted molar refractivity (Wildman–Crippen MR) is 112 cm³/mol. The summed E-state index contributed by atoms with van der Waals surface area (Å²) in [6, 6.07) is 14.4. The van der Waals surface area contributed by atoms with Crippen molar-refractivity contribution in [1.82, 2.24) is 9.80 Å². The summed E-state index contributed by atoms with van der Waals surface area (Å²) >= 11 is 6.35. The SMILES string of the molecule is Cc1cccc(C)c1NC(=O)CN1CCN([C@@H](C)c2ccccc2Cl)CC1. The van der Waals surface area contributed by atoms with Gasteiger partial charge >= 0.3 is 0 Å². The number of carbonyl (C=O) groups excluding carboxylic acids is 1. The number of aryl methyl sites for hydroxylation is 2. The monoisotopic (exact) mass is 385 g/mol. The maximum absolute atomic E-state index is 12.5. The Morgan fingerprint density at radius 2 is 1.67 bits per heavy atom. The zero-order valence-electron chi connectivity index (χ0n) is 16.3. The number of amides is 1. The minimum absolute atomic E-state index is 0.0556. The first-order chi connectivity index (χ1) is 13.0. The summed E-state index contributed by atoms with van der Waals surface area (Å²) in [5, 5.41) is 3.90. The van der Waals surface area contributed by atoms with E-state index in [2.05, 4.69) is 28.1 Å². The molecule has 0 radical (unpaired) electrons. The Morgan fingerprint density at radius 3 is 2.30 bits per heavy atom. The Bertz CT molecular complexity index is 780. The average Bonchev–Trinajstić information content (AvgIpc) is 2.65. The zero-order chi connectivity index (χ0) is 19.4.